The molecule has 2 aromatic rings. The predicted molar refractivity (Wildman–Crippen MR) is 65.8 cm³/mol. The first-order valence-electron chi connectivity index (χ1n) is 5.33. The van der Waals surface area contributed by atoms with E-state index < -0.39 is 23.8 Å². The zero-order valence-corrected chi connectivity index (χ0v) is 9.70. The van der Waals surface area contributed by atoms with E-state index >= 15 is 0 Å². The van der Waals surface area contributed by atoms with Crippen LogP contribution in [0.1, 0.15) is 0 Å². The third-order valence-corrected chi connectivity index (χ3v) is 2.30. The Morgan fingerprint density at radius 1 is 1.21 bits per heavy atom. The van der Waals surface area contributed by atoms with Crippen LogP contribution in [-0.2, 0) is 4.79 Å². The molecule has 0 saturated heterocycles. The number of nitrogens with zero attached hydrogens (tertiary/aromatic N) is 1. The van der Waals surface area contributed by atoms with Crippen molar-refractivity contribution in [1.29, 1.82) is 0 Å². The van der Waals surface area contributed by atoms with E-state index in [1.54, 1.807) is 12.1 Å². The van der Waals surface area contributed by atoms with Gasteiger partial charge in [0.1, 0.15) is 5.75 Å². The average molecular weight is 262 g/mol. The van der Waals surface area contributed by atoms with Gasteiger partial charge in [-0.3, -0.25) is 14.3 Å². The standard InChI is InChI=1S/C12H10N2O5/c15-10-5-6-14(12(18)13-10)8-1-3-9(4-2-8)19-7-11(16)17/h1-6H,7H2,(H,16,17)(H,13,15,18). The Morgan fingerprint density at radius 3 is 2.47 bits per heavy atom. The summed E-state index contributed by atoms with van der Waals surface area (Å²) in [4.78, 5) is 34.9. The van der Waals surface area contributed by atoms with E-state index in [-0.39, 0.29) is 0 Å². The van der Waals surface area contributed by atoms with Crippen LogP contribution in [0.2, 0.25) is 0 Å². The first-order valence-corrected chi connectivity index (χ1v) is 5.33. The molecule has 0 saturated carbocycles. The summed E-state index contributed by atoms with van der Waals surface area (Å²) >= 11 is 0. The number of hydrogen-bond donors (Lipinski definition) is 2. The number of ether oxygens (including phenoxy) is 1. The smallest absolute Gasteiger partial charge is 0.341 e. The molecule has 0 radical (unpaired) electrons. The number of aliphatic carboxylic acids is 1. The van der Waals surface area contributed by atoms with Crippen LogP contribution in [0.25, 0.3) is 5.69 Å². The number of benzene rings is 1. The molecule has 7 nitrogen and oxygen atoms in total. The van der Waals surface area contributed by atoms with Crippen molar-refractivity contribution in [2.45, 2.75) is 0 Å². The maximum Gasteiger partial charge on any atom is 0.341 e. The van der Waals surface area contributed by atoms with Gasteiger partial charge in [-0.25, -0.2) is 9.59 Å². The zero-order valence-electron chi connectivity index (χ0n) is 9.70. The van der Waals surface area contributed by atoms with Crippen LogP contribution in [-0.4, -0.2) is 27.2 Å². The third kappa shape index (κ3) is 3.09. The van der Waals surface area contributed by atoms with Gasteiger partial charge >= 0.3 is 11.7 Å². The monoisotopic (exact) mass is 262 g/mol. The Balaban J connectivity index is 2.25. The van der Waals surface area contributed by atoms with Crippen LogP contribution in [0.3, 0.4) is 0 Å². The van der Waals surface area contributed by atoms with Crippen molar-refractivity contribution in [3.63, 3.8) is 0 Å². The molecule has 0 amide bonds. The number of carbonyl (C=O) groups is 1. The highest BCUT2D eigenvalue weighted by Crippen LogP contribution is 2.13. The summed E-state index contributed by atoms with van der Waals surface area (Å²) in [5.41, 5.74) is -0.488. The molecule has 0 aliphatic heterocycles. The highest BCUT2D eigenvalue weighted by molar-refractivity contribution is 5.68. The molecule has 0 atom stereocenters. The maximum absolute atomic E-state index is 11.5. The van der Waals surface area contributed by atoms with Crippen LogP contribution in [0.4, 0.5) is 0 Å². The molecule has 1 heterocycles. The van der Waals surface area contributed by atoms with Gasteiger partial charge in [-0.2, -0.15) is 0 Å². The molecule has 0 spiro atoms. The van der Waals surface area contributed by atoms with Gasteiger partial charge in [0.2, 0.25) is 0 Å². The molecule has 7 heteroatoms. The lowest BCUT2D eigenvalue weighted by Gasteiger charge is -2.06. The van der Waals surface area contributed by atoms with E-state index in [2.05, 4.69) is 4.98 Å². The zero-order chi connectivity index (χ0) is 13.8. The molecule has 0 aliphatic carbocycles. The normalized spacial score (nSPS) is 10.1. The molecule has 1 aromatic heterocycles. The quantitative estimate of drug-likeness (QED) is 0.806. The molecule has 19 heavy (non-hydrogen) atoms. The van der Waals surface area contributed by atoms with Crippen molar-refractivity contribution in [3.05, 3.63) is 57.4 Å². The fraction of sp³-hybridized carbons (Fsp3) is 0.0833. The largest absolute Gasteiger partial charge is 0.482 e. The Hall–Kier alpha value is -2.83. The molecule has 2 N–H and O–H groups in total. The molecular formula is C12H10N2O5. The fourth-order valence-electron chi connectivity index (χ4n) is 1.47. The van der Waals surface area contributed by atoms with Gasteiger partial charge in [-0.15, -0.1) is 0 Å². The number of aromatic nitrogens is 2. The fourth-order valence-corrected chi connectivity index (χ4v) is 1.47. The summed E-state index contributed by atoms with van der Waals surface area (Å²) in [6, 6.07) is 7.47. The topological polar surface area (TPSA) is 101 Å². The second-order valence-corrected chi connectivity index (χ2v) is 3.66. The summed E-state index contributed by atoms with van der Waals surface area (Å²) in [6.07, 6.45) is 1.36. The van der Waals surface area contributed by atoms with E-state index in [9.17, 15) is 14.4 Å². The van der Waals surface area contributed by atoms with Crippen LogP contribution >= 0.6 is 0 Å². The molecule has 0 bridgehead atoms. The van der Waals surface area contributed by atoms with E-state index in [4.69, 9.17) is 9.84 Å². The molecule has 0 fully saturated rings. The van der Waals surface area contributed by atoms with Gasteiger partial charge in [0.25, 0.3) is 5.56 Å². The van der Waals surface area contributed by atoms with E-state index in [1.165, 1.54) is 29.0 Å². The summed E-state index contributed by atoms with van der Waals surface area (Å²) in [7, 11) is 0. The van der Waals surface area contributed by atoms with Crippen LogP contribution < -0.4 is 16.0 Å². The predicted octanol–water partition coefficient (Wildman–Crippen LogP) is -0.0108. The Labute approximate surface area is 106 Å². The molecule has 0 unspecified atom stereocenters. The molecule has 98 valence electrons. The first kappa shape index (κ1) is 12.6. The molecular weight excluding hydrogens is 252 g/mol. The second kappa shape index (κ2) is 5.21. The third-order valence-electron chi connectivity index (χ3n) is 2.30. The van der Waals surface area contributed by atoms with E-state index in [0.29, 0.717) is 11.4 Å². The number of carboxylic acid groups (broad SMARTS) is 1. The average Bonchev–Trinajstić information content (AvgIpc) is 2.37. The minimum atomic E-state index is -1.07. The van der Waals surface area contributed by atoms with Crippen molar-refractivity contribution in [2.75, 3.05) is 6.61 Å². The van der Waals surface area contributed by atoms with Crippen molar-refractivity contribution in [3.8, 4) is 11.4 Å². The lowest BCUT2D eigenvalue weighted by molar-refractivity contribution is -0.139. The van der Waals surface area contributed by atoms with Gasteiger partial charge < -0.3 is 9.84 Å². The number of rotatable bonds is 4. The van der Waals surface area contributed by atoms with Crippen molar-refractivity contribution in [1.82, 2.24) is 9.55 Å². The number of carboxylic acids is 1. The minimum absolute atomic E-state index is 0.378. The number of nitrogens with one attached hydrogen (secondary N) is 1. The van der Waals surface area contributed by atoms with Gasteiger partial charge in [-0.05, 0) is 24.3 Å². The summed E-state index contributed by atoms with van der Waals surface area (Å²) < 4.78 is 6.22. The number of H-pyrrole nitrogens is 1. The second-order valence-electron chi connectivity index (χ2n) is 3.66. The summed E-state index contributed by atoms with van der Waals surface area (Å²) in [5, 5.41) is 8.47. The van der Waals surface area contributed by atoms with Gasteiger partial charge in [0.05, 0.1) is 5.69 Å². The highest BCUT2D eigenvalue weighted by Gasteiger charge is 2.02. The Morgan fingerprint density at radius 2 is 1.89 bits per heavy atom. The van der Waals surface area contributed by atoms with Crippen LogP contribution in [0, 0.1) is 0 Å². The van der Waals surface area contributed by atoms with E-state index in [1.807, 2.05) is 0 Å². The molecule has 1 aromatic carbocycles. The van der Waals surface area contributed by atoms with Gasteiger partial charge in [-0.1, -0.05) is 0 Å². The minimum Gasteiger partial charge on any atom is -0.482 e. The summed E-state index contributed by atoms with van der Waals surface area (Å²) in [5.74, 6) is -0.690. The first-order chi connectivity index (χ1) is 9.06. The lowest BCUT2D eigenvalue weighted by Crippen LogP contribution is -2.27. The van der Waals surface area contributed by atoms with Crippen molar-refractivity contribution < 1.29 is 14.6 Å². The van der Waals surface area contributed by atoms with E-state index in [0.717, 1.165) is 0 Å². The lowest BCUT2D eigenvalue weighted by atomic mass is 10.3. The van der Waals surface area contributed by atoms with Crippen LogP contribution in [0.5, 0.6) is 5.75 Å². The van der Waals surface area contributed by atoms with Gasteiger partial charge in [0, 0.05) is 12.3 Å². The van der Waals surface area contributed by atoms with Crippen molar-refractivity contribution in [2.24, 2.45) is 0 Å². The summed E-state index contributed by atoms with van der Waals surface area (Å²) in [6.45, 7) is -0.433. The van der Waals surface area contributed by atoms with Crippen LogP contribution in [0.15, 0.2) is 46.1 Å². The highest BCUT2D eigenvalue weighted by atomic mass is 16.5. The maximum atomic E-state index is 11.5. The number of hydrogen-bond acceptors (Lipinski definition) is 4. The van der Waals surface area contributed by atoms with Crippen molar-refractivity contribution >= 4 is 5.97 Å². The Kier molecular flexibility index (Phi) is 3.46. The number of aromatic amines is 1. The molecule has 0 aliphatic rings. The van der Waals surface area contributed by atoms with Gasteiger partial charge in [0.15, 0.2) is 6.61 Å². The SMILES string of the molecule is O=C(O)COc1ccc(-n2ccc(=O)[nH]c2=O)cc1. The Bertz CT molecular complexity index is 699. The molecule has 2 rings (SSSR count).